The van der Waals surface area contributed by atoms with Gasteiger partial charge in [0.05, 0.1) is 13.2 Å². The molecule has 1 atom stereocenters. The van der Waals surface area contributed by atoms with E-state index in [4.69, 9.17) is 9.47 Å². The van der Waals surface area contributed by atoms with Crippen LogP contribution in [0.4, 0.5) is 4.39 Å². The highest BCUT2D eigenvalue weighted by Crippen LogP contribution is 2.34. The van der Waals surface area contributed by atoms with E-state index >= 15 is 0 Å². The lowest BCUT2D eigenvalue weighted by atomic mass is 9.92. The fourth-order valence-electron chi connectivity index (χ4n) is 2.83. The summed E-state index contributed by atoms with van der Waals surface area (Å²) in [6.07, 6.45) is 4.12. The molecular formula is C15H20FNO2. The van der Waals surface area contributed by atoms with Crippen LogP contribution in [0, 0.1) is 11.7 Å². The van der Waals surface area contributed by atoms with Gasteiger partial charge in [0.15, 0.2) is 17.3 Å². The van der Waals surface area contributed by atoms with Crippen LogP contribution in [0.5, 0.6) is 11.5 Å². The van der Waals surface area contributed by atoms with Crippen molar-refractivity contribution < 1.29 is 13.9 Å². The van der Waals surface area contributed by atoms with E-state index in [0.29, 0.717) is 24.9 Å². The summed E-state index contributed by atoms with van der Waals surface area (Å²) in [6, 6.07) is 3.54. The zero-order chi connectivity index (χ0) is 13.1. The van der Waals surface area contributed by atoms with Crippen molar-refractivity contribution in [1.29, 1.82) is 0 Å². The highest BCUT2D eigenvalue weighted by molar-refractivity contribution is 5.44. The Kier molecular flexibility index (Phi) is 3.87. The van der Waals surface area contributed by atoms with Crippen molar-refractivity contribution in [2.75, 3.05) is 26.3 Å². The van der Waals surface area contributed by atoms with E-state index in [9.17, 15) is 4.39 Å². The summed E-state index contributed by atoms with van der Waals surface area (Å²) in [5.74, 6) is 1.15. The van der Waals surface area contributed by atoms with Gasteiger partial charge < -0.3 is 14.8 Å². The van der Waals surface area contributed by atoms with E-state index in [1.54, 1.807) is 6.07 Å². The van der Waals surface area contributed by atoms with Crippen LogP contribution >= 0.6 is 0 Å². The average molecular weight is 265 g/mol. The number of hydrogen-bond acceptors (Lipinski definition) is 3. The Morgan fingerprint density at radius 3 is 2.95 bits per heavy atom. The number of fused-ring (bicyclic) bond motifs is 1. The molecule has 3 nitrogen and oxygen atoms in total. The summed E-state index contributed by atoms with van der Waals surface area (Å²) < 4.78 is 25.0. The molecule has 2 aliphatic rings. The Morgan fingerprint density at radius 2 is 2.11 bits per heavy atom. The number of ether oxygens (including phenoxy) is 2. The van der Waals surface area contributed by atoms with Gasteiger partial charge in [-0.25, -0.2) is 4.39 Å². The normalized spacial score (nSPS) is 22.9. The van der Waals surface area contributed by atoms with Gasteiger partial charge in [0.25, 0.3) is 0 Å². The van der Waals surface area contributed by atoms with Crippen molar-refractivity contribution in [3.8, 4) is 11.5 Å². The van der Waals surface area contributed by atoms with Crippen molar-refractivity contribution in [1.82, 2.24) is 5.32 Å². The molecule has 1 saturated heterocycles. The van der Waals surface area contributed by atoms with Crippen LogP contribution in [-0.2, 0) is 6.42 Å². The fraction of sp³-hybridized carbons (Fsp3) is 0.600. The van der Waals surface area contributed by atoms with Crippen LogP contribution in [0.15, 0.2) is 12.1 Å². The van der Waals surface area contributed by atoms with Gasteiger partial charge in [-0.1, -0.05) is 0 Å². The van der Waals surface area contributed by atoms with Crippen molar-refractivity contribution in [3.63, 3.8) is 0 Å². The van der Waals surface area contributed by atoms with Gasteiger partial charge in [-0.3, -0.25) is 0 Å². The van der Waals surface area contributed by atoms with Gasteiger partial charge in [-0.05, 0) is 56.0 Å². The van der Waals surface area contributed by atoms with Crippen molar-refractivity contribution >= 4 is 0 Å². The lowest BCUT2D eigenvalue weighted by Crippen LogP contribution is -2.30. The molecule has 1 unspecified atom stereocenters. The number of nitrogens with one attached hydrogen (secondary N) is 1. The molecule has 2 heterocycles. The molecule has 0 spiro atoms. The van der Waals surface area contributed by atoms with Gasteiger partial charge in [-0.2, -0.15) is 0 Å². The van der Waals surface area contributed by atoms with Gasteiger partial charge in [0.2, 0.25) is 0 Å². The third-order valence-corrected chi connectivity index (χ3v) is 3.79. The largest absolute Gasteiger partial charge is 0.489 e. The summed E-state index contributed by atoms with van der Waals surface area (Å²) >= 11 is 0. The lowest BCUT2D eigenvalue weighted by Gasteiger charge is -2.23. The molecular weight excluding hydrogens is 245 g/mol. The van der Waals surface area contributed by atoms with Crippen LogP contribution in [-0.4, -0.2) is 26.3 Å². The number of hydrogen-bond donors (Lipinski definition) is 1. The Labute approximate surface area is 113 Å². The summed E-state index contributed by atoms with van der Waals surface area (Å²) in [6.45, 7) is 3.25. The molecule has 3 rings (SSSR count). The minimum atomic E-state index is -0.293. The quantitative estimate of drug-likeness (QED) is 0.891. The molecule has 0 aliphatic carbocycles. The third kappa shape index (κ3) is 3.00. The smallest absolute Gasteiger partial charge is 0.197 e. The number of benzene rings is 1. The van der Waals surface area contributed by atoms with E-state index in [-0.39, 0.29) is 11.6 Å². The molecule has 104 valence electrons. The maximum absolute atomic E-state index is 14.0. The zero-order valence-corrected chi connectivity index (χ0v) is 11.1. The van der Waals surface area contributed by atoms with Crippen molar-refractivity contribution in [2.24, 2.45) is 5.92 Å². The zero-order valence-electron chi connectivity index (χ0n) is 11.1. The standard InChI is InChI=1S/C15H20FNO2/c16-13-8-12(7-11-3-1-4-17-10-11)9-14-15(13)19-6-2-5-18-14/h8-9,11,17H,1-7,10H2. The number of rotatable bonds is 2. The minimum absolute atomic E-state index is 0.281. The van der Waals surface area contributed by atoms with Crippen LogP contribution in [0.2, 0.25) is 0 Å². The van der Waals surface area contributed by atoms with Gasteiger partial charge >= 0.3 is 0 Å². The highest BCUT2D eigenvalue weighted by atomic mass is 19.1. The van der Waals surface area contributed by atoms with E-state index < -0.39 is 0 Å². The third-order valence-electron chi connectivity index (χ3n) is 3.79. The fourth-order valence-corrected chi connectivity index (χ4v) is 2.83. The topological polar surface area (TPSA) is 30.5 Å². The molecule has 0 saturated carbocycles. The van der Waals surface area contributed by atoms with Crippen LogP contribution in [0.3, 0.4) is 0 Å². The first-order chi connectivity index (χ1) is 9.33. The lowest BCUT2D eigenvalue weighted by molar-refractivity contribution is 0.292. The molecule has 0 amide bonds. The molecule has 0 bridgehead atoms. The molecule has 19 heavy (non-hydrogen) atoms. The molecule has 4 heteroatoms. The Bertz CT molecular complexity index is 444. The van der Waals surface area contributed by atoms with E-state index in [2.05, 4.69) is 5.32 Å². The maximum atomic E-state index is 14.0. The summed E-state index contributed by atoms with van der Waals surface area (Å²) in [7, 11) is 0. The maximum Gasteiger partial charge on any atom is 0.197 e. The van der Waals surface area contributed by atoms with Gasteiger partial charge in [0.1, 0.15) is 0 Å². The number of halogens is 1. The molecule has 2 aliphatic heterocycles. The van der Waals surface area contributed by atoms with Crippen molar-refractivity contribution in [3.05, 3.63) is 23.5 Å². The van der Waals surface area contributed by atoms with Gasteiger partial charge in [0, 0.05) is 6.42 Å². The van der Waals surface area contributed by atoms with Crippen LogP contribution in [0.25, 0.3) is 0 Å². The minimum Gasteiger partial charge on any atom is -0.489 e. The Hall–Kier alpha value is -1.29. The number of piperidine rings is 1. The first-order valence-corrected chi connectivity index (χ1v) is 7.11. The second-order valence-electron chi connectivity index (χ2n) is 5.37. The molecule has 0 aromatic heterocycles. The summed E-state index contributed by atoms with van der Waals surface area (Å²) in [5, 5.41) is 3.39. The second kappa shape index (κ2) is 5.78. The van der Waals surface area contributed by atoms with E-state index in [1.807, 2.05) is 6.07 Å². The Balaban J connectivity index is 1.78. The predicted molar refractivity (Wildman–Crippen MR) is 71.3 cm³/mol. The second-order valence-corrected chi connectivity index (χ2v) is 5.37. The van der Waals surface area contributed by atoms with E-state index in [1.165, 1.54) is 12.8 Å². The first-order valence-electron chi connectivity index (χ1n) is 7.11. The van der Waals surface area contributed by atoms with Crippen LogP contribution < -0.4 is 14.8 Å². The van der Waals surface area contributed by atoms with Gasteiger partial charge in [-0.15, -0.1) is 0 Å². The first kappa shape index (κ1) is 12.7. The Morgan fingerprint density at radius 1 is 1.21 bits per heavy atom. The molecule has 1 N–H and O–H groups in total. The monoisotopic (exact) mass is 265 g/mol. The molecule has 0 radical (unpaired) electrons. The van der Waals surface area contributed by atoms with Crippen LogP contribution in [0.1, 0.15) is 24.8 Å². The SMILES string of the molecule is Fc1cc(CC2CCCNC2)cc2c1OCCCO2. The highest BCUT2D eigenvalue weighted by Gasteiger charge is 2.19. The van der Waals surface area contributed by atoms with Crippen molar-refractivity contribution in [2.45, 2.75) is 25.7 Å². The summed E-state index contributed by atoms with van der Waals surface area (Å²) in [5.41, 5.74) is 1.01. The average Bonchev–Trinajstić information content (AvgIpc) is 2.65. The molecule has 1 aromatic rings. The molecule has 1 aromatic carbocycles. The van der Waals surface area contributed by atoms with E-state index in [0.717, 1.165) is 31.5 Å². The summed E-state index contributed by atoms with van der Waals surface area (Å²) in [4.78, 5) is 0. The predicted octanol–water partition coefficient (Wildman–Crippen LogP) is 2.53. The molecule has 1 fully saturated rings.